The van der Waals surface area contributed by atoms with Gasteiger partial charge in [-0.25, -0.2) is 4.79 Å². The number of urea groups is 1. The van der Waals surface area contributed by atoms with E-state index in [4.69, 9.17) is 0 Å². The lowest BCUT2D eigenvalue weighted by atomic mass is 10.0. The van der Waals surface area contributed by atoms with Crippen LogP contribution in [0.25, 0.3) is 0 Å². The lowest BCUT2D eigenvalue weighted by molar-refractivity contribution is -0.134. The van der Waals surface area contributed by atoms with E-state index in [9.17, 15) is 14.4 Å². The SMILES string of the molecule is C[C@@]1(c2cccs2)NC(=O)N(CC(=O)NCC2CC2)C1=O. The number of hydrogen-bond donors (Lipinski definition) is 2. The molecule has 0 radical (unpaired) electrons. The molecule has 112 valence electrons. The molecule has 1 aliphatic carbocycles. The zero-order valence-corrected chi connectivity index (χ0v) is 12.5. The molecule has 2 N–H and O–H groups in total. The number of amides is 4. The maximum Gasteiger partial charge on any atom is 0.325 e. The number of hydrogen-bond acceptors (Lipinski definition) is 4. The van der Waals surface area contributed by atoms with E-state index in [0.29, 0.717) is 12.5 Å². The van der Waals surface area contributed by atoms with E-state index in [-0.39, 0.29) is 18.4 Å². The summed E-state index contributed by atoms with van der Waals surface area (Å²) in [5, 5.41) is 7.30. The predicted octanol–water partition coefficient (Wildman–Crippen LogP) is 1.04. The summed E-state index contributed by atoms with van der Waals surface area (Å²) in [5.41, 5.74) is -1.07. The molecular weight excluding hydrogens is 290 g/mol. The van der Waals surface area contributed by atoms with Gasteiger partial charge in [-0.1, -0.05) is 6.07 Å². The first kappa shape index (κ1) is 14.1. The van der Waals surface area contributed by atoms with Crippen molar-refractivity contribution in [2.24, 2.45) is 5.92 Å². The predicted molar refractivity (Wildman–Crippen MR) is 77.6 cm³/mol. The van der Waals surface area contributed by atoms with E-state index in [1.807, 2.05) is 11.4 Å². The number of thiophene rings is 1. The van der Waals surface area contributed by atoms with Crippen molar-refractivity contribution in [3.8, 4) is 0 Å². The minimum Gasteiger partial charge on any atom is -0.354 e. The van der Waals surface area contributed by atoms with Gasteiger partial charge in [-0.2, -0.15) is 0 Å². The Balaban J connectivity index is 1.67. The van der Waals surface area contributed by atoms with Crippen LogP contribution in [-0.2, 0) is 15.1 Å². The molecule has 6 nitrogen and oxygen atoms in total. The highest BCUT2D eigenvalue weighted by Crippen LogP contribution is 2.31. The van der Waals surface area contributed by atoms with Gasteiger partial charge in [0.25, 0.3) is 5.91 Å². The van der Waals surface area contributed by atoms with Gasteiger partial charge in [0.2, 0.25) is 5.91 Å². The van der Waals surface area contributed by atoms with Crippen molar-refractivity contribution in [1.82, 2.24) is 15.5 Å². The van der Waals surface area contributed by atoms with Gasteiger partial charge in [0.05, 0.1) is 0 Å². The lowest BCUT2D eigenvalue weighted by Crippen LogP contribution is -2.43. The average molecular weight is 307 g/mol. The molecule has 1 aromatic rings. The van der Waals surface area contributed by atoms with E-state index in [2.05, 4.69) is 10.6 Å². The van der Waals surface area contributed by atoms with Gasteiger partial charge in [0, 0.05) is 11.4 Å². The molecule has 0 bridgehead atoms. The maximum absolute atomic E-state index is 12.5. The molecule has 3 rings (SSSR count). The van der Waals surface area contributed by atoms with Crippen molar-refractivity contribution in [2.45, 2.75) is 25.3 Å². The van der Waals surface area contributed by atoms with Gasteiger partial charge in [-0.3, -0.25) is 14.5 Å². The summed E-state index contributed by atoms with van der Waals surface area (Å²) in [6.07, 6.45) is 2.28. The fourth-order valence-corrected chi connectivity index (χ4v) is 3.19. The second kappa shape index (κ2) is 5.14. The normalized spacial score (nSPS) is 25.1. The fourth-order valence-electron chi connectivity index (χ4n) is 2.35. The number of nitrogens with one attached hydrogen (secondary N) is 2. The Morgan fingerprint density at radius 3 is 2.90 bits per heavy atom. The Morgan fingerprint density at radius 2 is 2.29 bits per heavy atom. The topological polar surface area (TPSA) is 78.5 Å². The van der Waals surface area contributed by atoms with Crippen molar-refractivity contribution in [3.05, 3.63) is 22.4 Å². The van der Waals surface area contributed by atoms with E-state index < -0.39 is 11.6 Å². The summed E-state index contributed by atoms with van der Waals surface area (Å²) in [6.45, 7) is 2.07. The Bertz CT molecular complexity index is 582. The van der Waals surface area contributed by atoms with Crippen molar-refractivity contribution >= 4 is 29.2 Å². The molecule has 1 saturated heterocycles. The summed E-state index contributed by atoms with van der Waals surface area (Å²) in [4.78, 5) is 38.1. The number of carbonyl (C=O) groups is 3. The van der Waals surface area contributed by atoms with Crippen molar-refractivity contribution in [1.29, 1.82) is 0 Å². The second-order valence-corrected chi connectivity index (χ2v) is 6.62. The molecule has 0 unspecified atom stereocenters. The summed E-state index contributed by atoms with van der Waals surface area (Å²) in [7, 11) is 0. The minimum atomic E-state index is -1.07. The lowest BCUT2D eigenvalue weighted by Gasteiger charge is -2.19. The van der Waals surface area contributed by atoms with Crippen LogP contribution in [0.4, 0.5) is 4.79 Å². The quantitative estimate of drug-likeness (QED) is 0.798. The molecule has 7 heteroatoms. The fraction of sp³-hybridized carbons (Fsp3) is 0.500. The molecule has 2 fully saturated rings. The molecule has 4 amide bonds. The van der Waals surface area contributed by atoms with Gasteiger partial charge in [0.15, 0.2) is 5.54 Å². The minimum absolute atomic E-state index is 0.224. The van der Waals surface area contributed by atoms with E-state index in [1.165, 1.54) is 11.3 Å². The Hall–Kier alpha value is -1.89. The second-order valence-electron chi connectivity index (χ2n) is 5.67. The third kappa shape index (κ3) is 2.65. The van der Waals surface area contributed by atoms with Crippen molar-refractivity contribution in [3.63, 3.8) is 0 Å². The van der Waals surface area contributed by atoms with Crippen LogP contribution in [0.2, 0.25) is 0 Å². The molecular formula is C14H17N3O3S. The Morgan fingerprint density at radius 1 is 1.52 bits per heavy atom. The summed E-state index contributed by atoms with van der Waals surface area (Å²) in [5.74, 6) is -0.106. The van der Waals surface area contributed by atoms with Gasteiger partial charge in [0.1, 0.15) is 6.54 Å². The van der Waals surface area contributed by atoms with Gasteiger partial charge in [-0.15, -0.1) is 11.3 Å². The average Bonchev–Trinajstić information content (AvgIpc) is 3.05. The smallest absolute Gasteiger partial charge is 0.325 e. The largest absolute Gasteiger partial charge is 0.354 e. The van der Waals surface area contributed by atoms with Gasteiger partial charge >= 0.3 is 6.03 Å². The van der Waals surface area contributed by atoms with Gasteiger partial charge in [-0.05, 0) is 37.1 Å². The zero-order valence-electron chi connectivity index (χ0n) is 11.7. The first-order valence-electron chi connectivity index (χ1n) is 6.95. The number of carbonyl (C=O) groups excluding carboxylic acids is 3. The van der Waals surface area contributed by atoms with Crippen molar-refractivity contribution < 1.29 is 14.4 Å². The first-order valence-corrected chi connectivity index (χ1v) is 7.83. The molecule has 1 saturated carbocycles. The monoisotopic (exact) mass is 307 g/mol. The highest BCUT2D eigenvalue weighted by atomic mass is 32.1. The molecule has 0 aromatic carbocycles. The van der Waals surface area contributed by atoms with Crippen LogP contribution in [0.5, 0.6) is 0 Å². The van der Waals surface area contributed by atoms with Crippen LogP contribution in [0.15, 0.2) is 17.5 Å². The summed E-state index contributed by atoms with van der Waals surface area (Å²) in [6, 6.07) is 3.12. The highest BCUT2D eigenvalue weighted by Gasteiger charge is 2.50. The molecule has 2 heterocycles. The van der Waals surface area contributed by atoms with Crippen LogP contribution in [0.1, 0.15) is 24.6 Å². The molecule has 2 aliphatic rings. The van der Waals surface area contributed by atoms with Crippen LogP contribution >= 0.6 is 11.3 Å². The Labute approximate surface area is 126 Å². The van der Waals surface area contributed by atoms with Crippen LogP contribution in [0.3, 0.4) is 0 Å². The molecule has 21 heavy (non-hydrogen) atoms. The molecule has 0 spiro atoms. The van der Waals surface area contributed by atoms with Crippen LogP contribution in [-0.4, -0.2) is 35.8 Å². The maximum atomic E-state index is 12.5. The third-order valence-corrected chi connectivity index (χ3v) is 4.97. The number of rotatable bonds is 5. The number of imide groups is 1. The van der Waals surface area contributed by atoms with E-state index in [1.54, 1.807) is 13.0 Å². The van der Waals surface area contributed by atoms with E-state index >= 15 is 0 Å². The summed E-state index contributed by atoms with van der Waals surface area (Å²) < 4.78 is 0. The number of nitrogens with zero attached hydrogens (tertiary/aromatic N) is 1. The highest BCUT2D eigenvalue weighted by molar-refractivity contribution is 7.10. The molecule has 1 aromatic heterocycles. The van der Waals surface area contributed by atoms with E-state index in [0.717, 1.165) is 22.6 Å². The summed E-state index contributed by atoms with van der Waals surface area (Å²) >= 11 is 1.41. The van der Waals surface area contributed by atoms with Crippen LogP contribution < -0.4 is 10.6 Å². The third-order valence-electron chi connectivity index (χ3n) is 3.88. The zero-order chi connectivity index (χ0) is 15.0. The van der Waals surface area contributed by atoms with Crippen LogP contribution in [0, 0.1) is 5.92 Å². The molecule has 1 atom stereocenters. The Kier molecular flexibility index (Phi) is 3.44. The van der Waals surface area contributed by atoms with Crippen molar-refractivity contribution in [2.75, 3.05) is 13.1 Å². The molecule has 1 aliphatic heterocycles. The van der Waals surface area contributed by atoms with Gasteiger partial charge < -0.3 is 10.6 Å². The standard InChI is InChI=1S/C14H17N3O3S/c1-14(10-3-2-6-21-10)12(19)17(13(20)16-14)8-11(18)15-7-9-4-5-9/h2-3,6,9H,4-5,7-8H2,1H3,(H,15,18)(H,16,20)/t14-/m0/s1. The first-order chi connectivity index (χ1) is 10.0.